The van der Waals surface area contributed by atoms with Gasteiger partial charge in [-0.05, 0) is 78.1 Å². The van der Waals surface area contributed by atoms with Crippen LogP contribution in [-0.2, 0) is 16.0 Å². The van der Waals surface area contributed by atoms with Gasteiger partial charge < -0.3 is 10.1 Å². The van der Waals surface area contributed by atoms with E-state index >= 15 is 0 Å². The molecule has 0 saturated carbocycles. The lowest BCUT2D eigenvalue weighted by molar-refractivity contribution is -0.115. The molecule has 1 amide bonds. The Morgan fingerprint density at radius 2 is 1.90 bits per heavy atom. The summed E-state index contributed by atoms with van der Waals surface area (Å²) in [5, 5.41) is 3.88. The Bertz CT molecular complexity index is 975. The van der Waals surface area contributed by atoms with E-state index in [-0.39, 0.29) is 5.91 Å². The molecule has 2 aromatic rings. The fourth-order valence-corrected chi connectivity index (χ4v) is 4.65. The molecule has 0 aromatic heterocycles. The van der Waals surface area contributed by atoms with Crippen LogP contribution in [-0.4, -0.2) is 25.7 Å². The van der Waals surface area contributed by atoms with Gasteiger partial charge in [0.2, 0.25) is 0 Å². The molecule has 1 N–H and O–H groups in total. The van der Waals surface area contributed by atoms with Crippen LogP contribution < -0.4 is 5.32 Å². The van der Waals surface area contributed by atoms with Crippen LogP contribution in [0, 0.1) is 5.92 Å². The van der Waals surface area contributed by atoms with Crippen molar-refractivity contribution in [1.82, 2.24) is 5.32 Å². The number of hydrogen-bond acceptors (Lipinski definition) is 2. The zero-order valence-corrected chi connectivity index (χ0v) is 19.1. The number of nitrogens with one attached hydrogen (secondary N) is 1. The molecule has 0 spiro atoms. The lowest BCUT2D eigenvalue weighted by Gasteiger charge is -2.22. The smallest absolute Gasteiger partial charge is 0.252 e. The van der Waals surface area contributed by atoms with Gasteiger partial charge in [0, 0.05) is 29.3 Å². The molecule has 0 unspecified atom stereocenters. The Balaban J connectivity index is 1.51. The van der Waals surface area contributed by atoms with Gasteiger partial charge in [-0.15, -0.1) is 0 Å². The number of fused-ring (bicyclic) bond motifs is 1. The van der Waals surface area contributed by atoms with Gasteiger partial charge in [0.25, 0.3) is 5.91 Å². The summed E-state index contributed by atoms with van der Waals surface area (Å²) in [6.07, 6.45) is 8.04. The van der Waals surface area contributed by atoms with Crippen LogP contribution in [0.3, 0.4) is 0 Å². The van der Waals surface area contributed by atoms with Crippen molar-refractivity contribution in [2.45, 2.75) is 25.7 Å². The normalized spacial score (nSPS) is 16.9. The second kappa shape index (κ2) is 9.95. The van der Waals surface area contributed by atoms with Gasteiger partial charge in [0.15, 0.2) is 0 Å². The molecule has 1 aliphatic carbocycles. The third-order valence-electron chi connectivity index (χ3n) is 5.79. The molecule has 2 aliphatic rings. The highest BCUT2D eigenvalue weighted by Gasteiger charge is 2.25. The summed E-state index contributed by atoms with van der Waals surface area (Å²) in [6, 6.07) is 13.8. The molecule has 30 heavy (non-hydrogen) atoms. The SMILES string of the molecule is O=C(NCCC1CCOCC1)C1=C(/C=C/c2ccc(Cl)cc2)Cc2cc(Br)ccc21. The average molecular weight is 487 g/mol. The largest absolute Gasteiger partial charge is 0.381 e. The Kier molecular flexibility index (Phi) is 7.08. The number of carbonyl (C=O) groups excluding carboxylic acids is 1. The number of halogens is 2. The minimum atomic E-state index is 0.0129. The van der Waals surface area contributed by atoms with E-state index < -0.39 is 0 Å². The third kappa shape index (κ3) is 5.23. The van der Waals surface area contributed by atoms with E-state index in [0.717, 1.165) is 65.6 Å². The first-order chi connectivity index (χ1) is 14.6. The quantitative estimate of drug-likeness (QED) is 0.539. The molecule has 5 heteroatoms. The number of rotatable bonds is 6. The molecule has 1 heterocycles. The number of ether oxygens (including phenoxy) is 1. The minimum Gasteiger partial charge on any atom is -0.381 e. The highest BCUT2D eigenvalue weighted by atomic mass is 79.9. The minimum absolute atomic E-state index is 0.0129. The standard InChI is InChI=1S/C25H25BrClNO2/c26-21-5-8-23-20(16-21)15-19(4-1-17-2-6-22(27)7-3-17)24(23)25(29)28-12-9-18-10-13-30-14-11-18/h1-8,16,18H,9-15H2,(H,28,29)/b4-1+. The molecule has 2 aromatic carbocycles. The van der Waals surface area contributed by atoms with Crippen molar-refractivity contribution in [1.29, 1.82) is 0 Å². The first-order valence-corrected chi connectivity index (χ1v) is 11.6. The Hall–Kier alpha value is -1.88. The van der Waals surface area contributed by atoms with Crippen molar-refractivity contribution < 1.29 is 9.53 Å². The van der Waals surface area contributed by atoms with Crippen LogP contribution in [0.15, 0.2) is 58.6 Å². The van der Waals surface area contributed by atoms with Gasteiger partial charge in [-0.25, -0.2) is 0 Å². The summed E-state index contributed by atoms with van der Waals surface area (Å²) >= 11 is 9.54. The number of benzene rings is 2. The van der Waals surface area contributed by atoms with E-state index in [4.69, 9.17) is 16.3 Å². The van der Waals surface area contributed by atoms with Crippen molar-refractivity contribution in [2.24, 2.45) is 5.92 Å². The van der Waals surface area contributed by atoms with Crippen LogP contribution in [0.2, 0.25) is 5.02 Å². The molecule has 1 fully saturated rings. The van der Waals surface area contributed by atoms with Gasteiger partial charge in [-0.3, -0.25) is 4.79 Å². The number of hydrogen-bond donors (Lipinski definition) is 1. The Morgan fingerprint density at radius 1 is 1.13 bits per heavy atom. The molecular formula is C25H25BrClNO2. The molecule has 1 aliphatic heterocycles. The molecule has 0 radical (unpaired) electrons. The number of carbonyl (C=O) groups is 1. The molecule has 3 nitrogen and oxygen atoms in total. The summed E-state index contributed by atoms with van der Waals surface area (Å²) in [5.41, 5.74) is 5.09. The van der Waals surface area contributed by atoms with E-state index in [9.17, 15) is 4.79 Å². The molecule has 156 valence electrons. The van der Waals surface area contributed by atoms with Crippen LogP contribution in [0.25, 0.3) is 11.6 Å². The van der Waals surface area contributed by atoms with Crippen molar-refractivity contribution in [3.63, 3.8) is 0 Å². The zero-order chi connectivity index (χ0) is 20.9. The van der Waals surface area contributed by atoms with Gasteiger partial charge >= 0.3 is 0 Å². The highest BCUT2D eigenvalue weighted by Crippen LogP contribution is 2.35. The molecule has 0 bridgehead atoms. The van der Waals surface area contributed by atoms with Gasteiger partial charge in [0.1, 0.15) is 0 Å². The van der Waals surface area contributed by atoms with E-state index in [2.05, 4.69) is 33.4 Å². The van der Waals surface area contributed by atoms with Crippen molar-refractivity contribution in [3.05, 3.63) is 80.3 Å². The lowest BCUT2D eigenvalue weighted by atomic mass is 9.96. The first kappa shape index (κ1) is 21.4. The monoisotopic (exact) mass is 485 g/mol. The van der Waals surface area contributed by atoms with E-state index in [1.807, 2.05) is 42.5 Å². The maximum absolute atomic E-state index is 13.1. The Morgan fingerprint density at radius 3 is 2.67 bits per heavy atom. The molecular weight excluding hydrogens is 462 g/mol. The van der Waals surface area contributed by atoms with Gasteiger partial charge in [-0.1, -0.05) is 57.9 Å². The summed E-state index contributed by atoms with van der Waals surface area (Å²) in [7, 11) is 0. The predicted octanol–water partition coefficient (Wildman–Crippen LogP) is 6.06. The predicted molar refractivity (Wildman–Crippen MR) is 126 cm³/mol. The lowest BCUT2D eigenvalue weighted by Crippen LogP contribution is -2.28. The van der Waals surface area contributed by atoms with Gasteiger partial charge in [-0.2, -0.15) is 0 Å². The van der Waals surface area contributed by atoms with E-state index in [1.165, 1.54) is 5.56 Å². The maximum Gasteiger partial charge on any atom is 0.252 e. The Labute approximate surface area is 191 Å². The fourth-order valence-electron chi connectivity index (χ4n) is 4.11. The fraction of sp³-hybridized carbons (Fsp3) is 0.320. The van der Waals surface area contributed by atoms with Crippen LogP contribution >= 0.6 is 27.5 Å². The first-order valence-electron chi connectivity index (χ1n) is 10.4. The summed E-state index contributed by atoms with van der Waals surface area (Å²) < 4.78 is 6.46. The van der Waals surface area contributed by atoms with Crippen molar-refractivity contribution in [2.75, 3.05) is 19.8 Å². The molecule has 1 saturated heterocycles. The van der Waals surface area contributed by atoms with Crippen LogP contribution in [0.1, 0.15) is 36.0 Å². The van der Waals surface area contributed by atoms with Gasteiger partial charge in [0.05, 0.1) is 5.57 Å². The van der Waals surface area contributed by atoms with Crippen LogP contribution in [0.4, 0.5) is 0 Å². The third-order valence-corrected chi connectivity index (χ3v) is 6.54. The zero-order valence-electron chi connectivity index (χ0n) is 16.8. The molecule has 4 rings (SSSR count). The maximum atomic E-state index is 13.1. The van der Waals surface area contributed by atoms with Crippen molar-refractivity contribution in [3.8, 4) is 0 Å². The second-order valence-electron chi connectivity index (χ2n) is 7.86. The summed E-state index contributed by atoms with van der Waals surface area (Å²) in [6.45, 7) is 2.38. The van der Waals surface area contributed by atoms with E-state index in [0.29, 0.717) is 17.5 Å². The topological polar surface area (TPSA) is 38.3 Å². The van der Waals surface area contributed by atoms with Crippen molar-refractivity contribution >= 4 is 45.1 Å². The van der Waals surface area contributed by atoms with E-state index in [1.54, 1.807) is 0 Å². The number of allylic oxidation sites excluding steroid dienone is 2. The second-order valence-corrected chi connectivity index (χ2v) is 9.22. The van der Waals surface area contributed by atoms with Crippen LogP contribution in [0.5, 0.6) is 0 Å². The number of amides is 1. The molecule has 0 atom stereocenters. The summed E-state index contributed by atoms with van der Waals surface area (Å²) in [4.78, 5) is 13.1. The highest BCUT2D eigenvalue weighted by molar-refractivity contribution is 9.10. The summed E-state index contributed by atoms with van der Waals surface area (Å²) in [5.74, 6) is 0.656. The average Bonchev–Trinajstić information content (AvgIpc) is 3.11.